The number of aryl methyl sites for hydroxylation is 1. The van der Waals surface area contributed by atoms with E-state index in [1.165, 1.54) is 6.42 Å². The van der Waals surface area contributed by atoms with Crippen LogP contribution in [0.25, 0.3) is 0 Å². The zero-order valence-electron chi connectivity index (χ0n) is 9.85. The lowest BCUT2D eigenvalue weighted by Gasteiger charge is -2.36. The van der Waals surface area contributed by atoms with E-state index in [1.54, 1.807) is 0 Å². The van der Waals surface area contributed by atoms with Gasteiger partial charge in [-0.05, 0) is 31.4 Å². The first-order valence-electron chi connectivity index (χ1n) is 6.05. The Hall–Kier alpha value is -1.16. The minimum atomic E-state index is 0.593. The summed E-state index contributed by atoms with van der Waals surface area (Å²) in [6.07, 6.45) is 1.27. The van der Waals surface area contributed by atoms with Gasteiger partial charge in [0.15, 0.2) is 5.82 Å². The van der Waals surface area contributed by atoms with Crippen LogP contribution in [0.4, 0.5) is 5.82 Å². The molecule has 2 bridgehead atoms. The fourth-order valence-corrected chi connectivity index (χ4v) is 3.01. The van der Waals surface area contributed by atoms with Gasteiger partial charge in [0.05, 0.1) is 5.69 Å². The maximum Gasteiger partial charge on any atom is 0.151 e. The molecule has 2 aliphatic heterocycles. The molecule has 3 heterocycles. The van der Waals surface area contributed by atoms with E-state index < -0.39 is 0 Å². The van der Waals surface area contributed by atoms with Crippen LogP contribution in [0.15, 0.2) is 12.1 Å². The summed E-state index contributed by atoms with van der Waals surface area (Å²) in [5.74, 6) is 1.80. The third kappa shape index (κ3) is 1.48. The van der Waals surface area contributed by atoms with Crippen molar-refractivity contribution in [3.63, 3.8) is 0 Å². The second-order valence-electron chi connectivity index (χ2n) is 5.03. The molecule has 4 nitrogen and oxygen atoms in total. The molecule has 3 rings (SSSR count). The van der Waals surface area contributed by atoms with E-state index in [2.05, 4.69) is 39.5 Å². The summed E-state index contributed by atoms with van der Waals surface area (Å²) in [6.45, 7) is 6.47. The molecule has 2 unspecified atom stereocenters. The molecule has 0 aromatic carbocycles. The van der Waals surface area contributed by atoms with Gasteiger partial charge in [0.2, 0.25) is 0 Å². The van der Waals surface area contributed by atoms with Crippen LogP contribution >= 0.6 is 0 Å². The van der Waals surface area contributed by atoms with Crippen LogP contribution in [0.2, 0.25) is 0 Å². The lowest BCUT2D eigenvalue weighted by molar-refractivity contribution is 0.452. The number of hydrogen-bond donors (Lipinski definition) is 1. The molecule has 86 valence electrons. The highest BCUT2D eigenvalue weighted by Crippen LogP contribution is 2.34. The van der Waals surface area contributed by atoms with Crippen LogP contribution in [-0.2, 0) is 0 Å². The Kier molecular flexibility index (Phi) is 2.32. The van der Waals surface area contributed by atoms with Crippen molar-refractivity contribution in [1.29, 1.82) is 0 Å². The minimum absolute atomic E-state index is 0.593. The summed E-state index contributed by atoms with van der Waals surface area (Å²) in [4.78, 5) is 2.47. The lowest BCUT2D eigenvalue weighted by Crippen LogP contribution is -2.53. The van der Waals surface area contributed by atoms with Crippen LogP contribution < -0.4 is 10.2 Å². The summed E-state index contributed by atoms with van der Waals surface area (Å²) in [7, 11) is 0. The molecule has 0 radical (unpaired) electrons. The molecule has 2 saturated heterocycles. The van der Waals surface area contributed by atoms with Gasteiger partial charge in [0.25, 0.3) is 0 Å². The number of nitrogens with one attached hydrogen (secondary N) is 1. The van der Waals surface area contributed by atoms with Gasteiger partial charge in [-0.25, -0.2) is 0 Å². The molecule has 2 fully saturated rings. The van der Waals surface area contributed by atoms with Gasteiger partial charge in [-0.3, -0.25) is 0 Å². The highest BCUT2D eigenvalue weighted by atomic mass is 15.3. The van der Waals surface area contributed by atoms with Crippen LogP contribution in [0.5, 0.6) is 0 Å². The average Bonchev–Trinajstić information content (AvgIpc) is 2.48. The Morgan fingerprint density at radius 3 is 2.88 bits per heavy atom. The zero-order chi connectivity index (χ0) is 11.1. The number of piperazine rings is 1. The van der Waals surface area contributed by atoms with Crippen molar-refractivity contribution in [3.05, 3.63) is 17.8 Å². The van der Waals surface area contributed by atoms with E-state index >= 15 is 0 Å². The second-order valence-corrected chi connectivity index (χ2v) is 5.03. The molecule has 16 heavy (non-hydrogen) atoms. The number of hydrogen-bond acceptors (Lipinski definition) is 4. The topological polar surface area (TPSA) is 41.0 Å². The van der Waals surface area contributed by atoms with Crippen molar-refractivity contribution in [3.8, 4) is 0 Å². The van der Waals surface area contributed by atoms with Crippen LogP contribution in [-0.4, -0.2) is 35.4 Å². The van der Waals surface area contributed by atoms with Gasteiger partial charge >= 0.3 is 0 Å². The average molecular weight is 218 g/mol. The van der Waals surface area contributed by atoms with Gasteiger partial charge < -0.3 is 10.2 Å². The van der Waals surface area contributed by atoms with Gasteiger partial charge in [-0.1, -0.05) is 6.92 Å². The molecule has 4 heteroatoms. The van der Waals surface area contributed by atoms with Crippen LogP contribution in [0.3, 0.4) is 0 Å². The number of fused-ring (bicyclic) bond motifs is 2. The fourth-order valence-electron chi connectivity index (χ4n) is 3.01. The number of anilines is 1. The second kappa shape index (κ2) is 3.70. The lowest BCUT2D eigenvalue weighted by atomic mass is 10.0. The molecule has 0 aliphatic carbocycles. The quantitative estimate of drug-likeness (QED) is 0.762. The van der Waals surface area contributed by atoms with Crippen LogP contribution in [0.1, 0.15) is 19.0 Å². The van der Waals surface area contributed by atoms with E-state index in [4.69, 9.17) is 0 Å². The monoisotopic (exact) mass is 218 g/mol. The summed E-state index contributed by atoms with van der Waals surface area (Å²) >= 11 is 0. The van der Waals surface area contributed by atoms with E-state index in [0.29, 0.717) is 12.1 Å². The van der Waals surface area contributed by atoms with Crippen molar-refractivity contribution in [2.75, 3.05) is 18.0 Å². The standard InChI is InChI=1S/C12H18N4/c1-8-5-10-6-13-7-11(8)16(10)12-4-3-9(2)14-15-12/h3-4,8,10-11,13H,5-7H2,1-2H3/t8-,10?,11?/m0/s1. The first-order valence-corrected chi connectivity index (χ1v) is 6.05. The van der Waals surface area contributed by atoms with Gasteiger partial charge in [-0.15, -0.1) is 5.10 Å². The minimum Gasteiger partial charge on any atom is -0.346 e. The van der Waals surface area contributed by atoms with Crippen LogP contribution in [0, 0.1) is 12.8 Å². The van der Waals surface area contributed by atoms with E-state index in [9.17, 15) is 0 Å². The summed E-state index contributed by atoms with van der Waals surface area (Å²) in [5, 5.41) is 12.0. The van der Waals surface area contributed by atoms with Crippen molar-refractivity contribution in [2.24, 2.45) is 5.92 Å². The third-order valence-electron chi connectivity index (χ3n) is 3.83. The molecular weight excluding hydrogens is 200 g/mol. The van der Waals surface area contributed by atoms with Crippen molar-refractivity contribution >= 4 is 5.82 Å². The Bertz CT molecular complexity index is 375. The molecule has 1 aromatic heterocycles. The van der Waals surface area contributed by atoms with E-state index in [1.807, 2.05) is 6.92 Å². The maximum atomic E-state index is 4.33. The number of aromatic nitrogens is 2. The highest BCUT2D eigenvalue weighted by Gasteiger charge is 2.42. The Balaban J connectivity index is 1.92. The zero-order valence-corrected chi connectivity index (χ0v) is 9.85. The Morgan fingerprint density at radius 1 is 1.31 bits per heavy atom. The normalized spacial score (nSPS) is 33.1. The predicted molar refractivity (Wildman–Crippen MR) is 63.5 cm³/mol. The summed E-state index contributed by atoms with van der Waals surface area (Å²) in [6, 6.07) is 5.35. The van der Waals surface area contributed by atoms with Crippen molar-refractivity contribution < 1.29 is 0 Å². The molecule has 0 spiro atoms. The van der Waals surface area contributed by atoms with Gasteiger partial charge in [-0.2, -0.15) is 5.10 Å². The number of rotatable bonds is 1. The molecule has 3 atom stereocenters. The van der Waals surface area contributed by atoms with Gasteiger partial charge in [0, 0.05) is 25.2 Å². The SMILES string of the molecule is Cc1ccc(N2C3CNCC2[C@@H](C)C3)nn1. The van der Waals surface area contributed by atoms with Crippen molar-refractivity contribution in [2.45, 2.75) is 32.4 Å². The van der Waals surface area contributed by atoms with E-state index in [-0.39, 0.29) is 0 Å². The smallest absolute Gasteiger partial charge is 0.151 e. The number of nitrogens with zero attached hydrogens (tertiary/aromatic N) is 3. The van der Waals surface area contributed by atoms with E-state index in [0.717, 1.165) is 30.5 Å². The van der Waals surface area contributed by atoms with Crippen molar-refractivity contribution in [1.82, 2.24) is 15.5 Å². The summed E-state index contributed by atoms with van der Waals surface area (Å²) < 4.78 is 0. The predicted octanol–water partition coefficient (Wildman–Crippen LogP) is 0.972. The molecule has 1 N–H and O–H groups in total. The van der Waals surface area contributed by atoms with Gasteiger partial charge in [0.1, 0.15) is 0 Å². The Morgan fingerprint density at radius 2 is 2.19 bits per heavy atom. The third-order valence-corrected chi connectivity index (χ3v) is 3.83. The first-order chi connectivity index (χ1) is 7.75. The fraction of sp³-hybridized carbons (Fsp3) is 0.667. The molecule has 2 aliphatic rings. The molecule has 0 saturated carbocycles. The maximum absolute atomic E-state index is 4.33. The summed E-state index contributed by atoms with van der Waals surface area (Å²) in [5.41, 5.74) is 0.985. The first kappa shape index (κ1) is 10.0. The molecular formula is C12H18N4. The Labute approximate surface area is 96.1 Å². The molecule has 0 amide bonds. The molecule has 1 aromatic rings. The largest absolute Gasteiger partial charge is 0.346 e. The highest BCUT2D eigenvalue weighted by molar-refractivity contribution is 5.43.